The lowest BCUT2D eigenvalue weighted by Crippen LogP contribution is -2.61. The molecule has 1 aliphatic carbocycles. The van der Waals surface area contributed by atoms with Crippen molar-refractivity contribution >= 4 is 17.7 Å². The summed E-state index contributed by atoms with van der Waals surface area (Å²) >= 11 is 2.01. The van der Waals surface area contributed by atoms with Crippen LogP contribution in [0.1, 0.15) is 36.0 Å². The Morgan fingerprint density at radius 2 is 2.18 bits per heavy atom. The van der Waals surface area contributed by atoms with Crippen LogP contribution in [-0.2, 0) is 0 Å². The van der Waals surface area contributed by atoms with E-state index in [0.717, 1.165) is 31.3 Å². The van der Waals surface area contributed by atoms with Crippen LogP contribution in [0.5, 0.6) is 0 Å². The van der Waals surface area contributed by atoms with Gasteiger partial charge in [-0.25, -0.2) is 0 Å². The predicted octanol–water partition coefficient (Wildman–Crippen LogP) is 1.22. The van der Waals surface area contributed by atoms with Crippen molar-refractivity contribution in [3.8, 4) is 0 Å². The second-order valence-electron chi connectivity index (χ2n) is 6.79. The number of hydrogen-bond acceptors (Lipinski definition) is 4. The number of aromatic amines is 1. The third-order valence-corrected chi connectivity index (χ3v) is 6.66. The molecule has 1 aromatic heterocycles. The number of carbonyl (C=O) groups is 1. The first-order valence-electron chi connectivity index (χ1n) is 8.02. The number of amides is 1. The normalized spacial score (nSPS) is 26.7. The standard InChI is InChI=1S/C16H21N3O2S/c20-14-6-11(4-5-17-14)15(21)19-9-16(10-19)7-13(8-22-16)18-12-2-1-3-12/h4-6,12-13,18H,1-3,7-10H2,(H,17,20). The number of rotatable bonds is 3. The Hall–Kier alpha value is -1.27. The monoisotopic (exact) mass is 319 g/mol. The van der Waals surface area contributed by atoms with Crippen molar-refractivity contribution in [1.29, 1.82) is 0 Å². The second kappa shape index (κ2) is 5.42. The molecule has 3 heterocycles. The van der Waals surface area contributed by atoms with Crippen LogP contribution in [0.4, 0.5) is 0 Å². The molecule has 0 bridgehead atoms. The highest BCUT2D eigenvalue weighted by Gasteiger charge is 2.50. The van der Waals surface area contributed by atoms with Gasteiger partial charge in [0, 0.05) is 48.8 Å². The Morgan fingerprint density at radius 3 is 2.86 bits per heavy atom. The van der Waals surface area contributed by atoms with Crippen molar-refractivity contribution in [3.05, 3.63) is 34.2 Å². The van der Waals surface area contributed by atoms with Gasteiger partial charge >= 0.3 is 0 Å². The topological polar surface area (TPSA) is 65.2 Å². The number of nitrogens with zero attached hydrogens (tertiary/aromatic N) is 1. The van der Waals surface area contributed by atoms with E-state index in [-0.39, 0.29) is 16.2 Å². The fourth-order valence-electron chi connectivity index (χ4n) is 3.63. The first-order chi connectivity index (χ1) is 10.6. The van der Waals surface area contributed by atoms with E-state index in [1.54, 1.807) is 6.07 Å². The minimum atomic E-state index is -0.221. The lowest BCUT2D eigenvalue weighted by Gasteiger charge is -2.47. The fourth-order valence-corrected chi connectivity index (χ4v) is 5.22. The zero-order valence-corrected chi connectivity index (χ0v) is 13.3. The SMILES string of the molecule is O=C(c1cc[nH]c(=O)c1)N1CC2(CC(NC3CCC3)CS2)C1. The van der Waals surface area contributed by atoms with Gasteiger partial charge in [-0.2, -0.15) is 0 Å². The molecule has 2 N–H and O–H groups in total. The summed E-state index contributed by atoms with van der Waals surface area (Å²) in [5.74, 6) is 1.14. The smallest absolute Gasteiger partial charge is 0.254 e. The summed E-state index contributed by atoms with van der Waals surface area (Å²) in [4.78, 5) is 28.1. The van der Waals surface area contributed by atoms with Crippen LogP contribution >= 0.6 is 11.8 Å². The molecular weight excluding hydrogens is 298 g/mol. The zero-order chi connectivity index (χ0) is 15.2. The van der Waals surface area contributed by atoms with Gasteiger partial charge in [-0.05, 0) is 25.3 Å². The molecule has 22 heavy (non-hydrogen) atoms. The summed E-state index contributed by atoms with van der Waals surface area (Å²) in [6.45, 7) is 1.62. The maximum Gasteiger partial charge on any atom is 0.254 e. The molecule has 1 amide bonds. The summed E-state index contributed by atoms with van der Waals surface area (Å²) in [5, 5.41) is 3.75. The quantitative estimate of drug-likeness (QED) is 0.879. The molecule has 6 heteroatoms. The summed E-state index contributed by atoms with van der Waals surface area (Å²) in [5.41, 5.74) is 0.270. The van der Waals surface area contributed by atoms with E-state index in [1.807, 2.05) is 16.7 Å². The van der Waals surface area contributed by atoms with E-state index in [2.05, 4.69) is 10.3 Å². The largest absolute Gasteiger partial charge is 0.336 e. The molecule has 0 radical (unpaired) electrons. The fraction of sp³-hybridized carbons (Fsp3) is 0.625. The molecule has 2 aliphatic heterocycles. The Labute approximate surface area is 133 Å². The predicted molar refractivity (Wildman–Crippen MR) is 87.3 cm³/mol. The number of hydrogen-bond donors (Lipinski definition) is 2. The lowest BCUT2D eigenvalue weighted by atomic mass is 9.88. The lowest BCUT2D eigenvalue weighted by molar-refractivity contribution is 0.0549. The van der Waals surface area contributed by atoms with Crippen molar-refractivity contribution in [1.82, 2.24) is 15.2 Å². The average Bonchev–Trinajstić information content (AvgIpc) is 2.85. The summed E-state index contributed by atoms with van der Waals surface area (Å²) < 4.78 is 0.248. The van der Waals surface area contributed by atoms with Crippen molar-refractivity contribution in [2.24, 2.45) is 0 Å². The molecule has 3 fully saturated rings. The Morgan fingerprint density at radius 1 is 1.36 bits per heavy atom. The molecule has 0 aromatic carbocycles. The average molecular weight is 319 g/mol. The van der Waals surface area contributed by atoms with Crippen LogP contribution in [0, 0.1) is 0 Å². The molecule has 3 aliphatic rings. The van der Waals surface area contributed by atoms with Gasteiger partial charge in [-0.1, -0.05) is 6.42 Å². The Balaban J connectivity index is 1.33. The van der Waals surface area contributed by atoms with Gasteiger partial charge in [-0.15, -0.1) is 11.8 Å². The van der Waals surface area contributed by atoms with Crippen molar-refractivity contribution in [2.45, 2.75) is 42.5 Å². The van der Waals surface area contributed by atoms with Gasteiger partial charge in [-0.3, -0.25) is 9.59 Å². The molecule has 1 atom stereocenters. The highest BCUT2D eigenvalue weighted by atomic mass is 32.2. The van der Waals surface area contributed by atoms with Crippen LogP contribution in [0.3, 0.4) is 0 Å². The number of nitrogens with one attached hydrogen (secondary N) is 2. The van der Waals surface area contributed by atoms with Crippen molar-refractivity contribution < 1.29 is 4.79 Å². The summed E-state index contributed by atoms with van der Waals surface area (Å²) in [7, 11) is 0. The Bertz CT molecular complexity index is 634. The van der Waals surface area contributed by atoms with E-state index >= 15 is 0 Å². The molecule has 1 unspecified atom stereocenters. The highest BCUT2D eigenvalue weighted by Crippen LogP contribution is 2.45. The first kappa shape index (κ1) is 14.3. The second-order valence-corrected chi connectivity index (χ2v) is 8.28. The molecule has 1 spiro atoms. The van der Waals surface area contributed by atoms with Gasteiger partial charge in [0.15, 0.2) is 0 Å². The van der Waals surface area contributed by atoms with E-state index in [4.69, 9.17) is 0 Å². The maximum absolute atomic E-state index is 12.4. The van der Waals surface area contributed by atoms with Gasteiger partial charge in [0.1, 0.15) is 0 Å². The van der Waals surface area contributed by atoms with Crippen LogP contribution in [0.25, 0.3) is 0 Å². The van der Waals surface area contributed by atoms with Crippen molar-refractivity contribution in [3.63, 3.8) is 0 Å². The summed E-state index contributed by atoms with van der Waals surface area (Å²) in [6, 6.07) is 4.40. The minimum Gasteiger partial charge on any atom is -0.336 e. The highest BCUT2D eigenvalue weighted by molar-refractivity contribution is 8.01. The number of pyridine rings is 1. The Kier molecular flexibility index (Phi) is 3.53. The molecular formula is C16H21N3O2S. The summed E-state index contributed by atoms with van der Waals surface area (Å²) in [6.07, 6.45) is 6.70. The van der Waals surface area contributed by atoms with Gasteiger partial charge in [0.25, 0.3) is 5.91 Å². The van der Waals surface area contributed by atoms with Crippen LogP contribution in [-0.4, -0.2) is 51.5 Å². The molecule has 118 valence electrons. The van der Waals surface area contributed by atoms with Gasteiger partial charge in [0.05, 0.1) is 4.75 Å². The number of likely N-dealkylation sites (tertiary alicyclic amines) is 1. The van der Waals surface area contributed by atoms with Gasteiger partial charge in [0.2, 0.25) is 5.56 Å². The van der Waals surface area contributed by atoms with E-state index in [0.29, 0.717) is 11.6 Å². The first-order valence-corrected chi connectivity index (χ1v) is 9.00. The van der Waals surface area contributed by atoms with E-state index in [9.17, 15) is 9.59 Å². The number of aromatic nitrogens is 1. The minimum absolute atomic E-state index is 0.0206. The molecule has 2 saturated heterocycles. The van der Waals surface area contributed by atoms with Crippen LogP contribution < -0.4 is 10.9 Å². The van der Waals surface area contributed by atoms with E-state index in [1.165, 1.54) is 31.5 Å². The maximum atomic E-state index is 12.4. The zero-order valence-electron chi connectivity index (χ0n) is 12.5. The number of H-pyrrole nitrogens is 1. The van der Waals surface area contributed by atoms with Gasteiger partial charge < -0.3 is 15.2 Å². The number of thioether (sulfide) groups is 1. The van der Waals surface area contributed by atoms with Crippen LogP contribution in [0.15, 0.2) is 23.1 Å². The third kappa shape index (κ3) is 2.58. The molecule has 1 aromatic rings. The molecule has 1 saturated carbocycles. The van der Waals surface area contributed by atoms with Crippen molar-refractivity contribution in [2.75, 3.05) is 18.8 Å². The molecule has 5 nitrogen and oxygen atoms in total. The third-order valence-electron chi connectivity index (χ3n) is 5.05. The molecule has 4 rings (SSSR count). The van der Waals surface area contributed by atoms with E-state index < -0.39 is 0 Å². The van der Waals surface area contributed by atoms with Crippen LogP contribution in [0.2, 0.25) is 0 Å². The number of carbonyl (C=O) groups excluding carboxylic acids is 1.